The van der Waals surface area contributed by atoms with E-state index < -0.39 is 0 Å². The molecule has 1 aliphatic heterocycles. The first-order valence-corrected chi connectivity index (χ1v) is 10.2. The Morgan fingerprint density at radius 3 is 2.52 bits per heavy atom. The number of halogens is 1. The van der Waals surface area contributed by atoms with Crippen molar-refractivity contribution in [1.29, 1.82) is 0 Å². The van der Waals surface area contributed by atoms with Crippen LogP contribution in [0, 0.1) is 17.2 Å². The Morgan fingerprint density at radius 1 is 1.10 bits per heavy atom. The molecule has 5 heteroatoms. The highest BCUT2D eigenvalue weighted by atomic mass is 19.1. The summed E-state index contributed by atoms with van der Waals surface area (Å²) in [6, 6.07) is 13.8. The Bertz CT molecular complexity index is 871. The van der Waals surface area contributed by atoms with Crippen LogP contribution in [0.2, 0.25) is 0 Å². The average Bonchev–Trinajstić information content (AvgIpc) is 2.67. The molecule has 4 nitrogen and oxygen atoms in total. The van der Waals surface area contributed by atoms with Crippen molar-refractivity contribution in [2.45, 2.75) is 40.0 Å². The van der Waals surface area contributed by atoms with Gasteiger partial charge in [0.15, 0.2) is 0 Å². The lowest BCUT2D eigenvalue weighted by atomic mass is 9.90. The van der Waals surface area contributed by atoms with Crippen molar-refractivity contribution in [2.75, 3.05) is 18.4 Å². The van der Waals surface area contributed by atoms with Crippen molar-refractivity contribution >= 4 is 17.5 Å². The first-order valence-electron chi connectivity index (χ1n) is 10.2. The molecule has 0 unspecified atom stereocenters. The van der Waals surface area contributed by atoms with Crippen LogP contribution in [0.4, 0.5) is 10.1 Å². The Kier molecular flexibility index (Phi) is 6.36. The number of amides is 2. The van der Waals surface area contributed by atoms with Crippen molar-refractivity contribution in [2.24, 2.45) is 11.3 Å². The first-order chi connectivity index (χ1) is 13.7. The maximum Gasteiger partial charge on any atom is 0.229 e. The molecule has 0 aliphatic carbocycles. The van der Waals surface area contributed by atoms with Crippen LogP contribution < -0.4 is 5.32 Å². The molecule has 0 bridgehead atoms. The van der Waals surface area contributed by atoms with E-state index in [9.17, 15) is 14.0 Å². The molecule has 2 aromatic carbocycles. The molecule has 0 saturated carbocycles. The standard InChI is InChI=1S/C24H29FN2O2/c1-24(2,3)15-22(28)27-13-5-7-19(16-27)23(29)26-21-8-4-6-18(14-21)17-9-11-20(25)12-10-17/h4,6,8-12,14,19H,5,7,13,15-16H2,1-3H3,(H,26,29)/t19-/m0/s1. The number of hydrogen-bond donors (Lipinski definition) is 1. The molecule has 29 heavy (non-hydrogen) atoms. The second kappa shape index (κ2) is 8.76. The zero-order valence-electron chi connectivity index (χ0n) is 17.4. The number of nitrogens with one attached hydrogen (secondary N) is 1. The first kappa shape index (κ1) is 21.0. The lowest BCUT2D eigenvalue weighted by Crippen LogP contribution is -2.44. The lowest BCUT2D eigenvalue weighted by Gasteiger charge is -2.33. The lowest BCUT2D eigenvalue weighted by molar-refractivity contribution is -0.136. The van der Waals surface area contributed by atoms with Crippen LogP contribution in [0.1, 0.15) is 40.0 Å². The molecule has 3 rings (SSSR count). The average molecular weight is 397 g/mol. The number of rotatable bonds is 4. The highest BCUT2D eigenvalue weighted by Gasteiger charge is 2.30. The molecule has 1 saturated heterocycles. The van der Waals surface area contributed by atoms with Crippen LogP contribution in [-0.2, 0) is 9.59 Å². The minimum Gasteiger partial charge on any atom is -0.342 e. The summed E-state index contributed by atoms with van der Waals surface area (Å²) in [5.74, 6) is -0.425. The summed E-state index contributed by atoms with van der Waals surface area (Å²) in [5.41, 5.74) is 2.44. The van der Waals surface area contributed by atoms with Gasteiger partial charge in [0.2, 0.25) is 11.8 Å². The molecule has 2 amide bonds. The number of anilines is 1. The maximum atomic E-state index is 13.2. The fraction of sp³-hybridized carbons (Fsp3) is 0.417. The molecule has 1 aliphatic rings. The van der Waals surface area contributed by atoms with Crippen molar-refractivity contribution < 1.29 is 14.0 Å². The van der Waals surface area contributed by atoms with Gasteiger partial charge in [0.05, 0.1) is 5.92 Å². The second-order valence-electron chi connectivity index (χ2n) is 8.99. The summed E-state index contributed by atoms with van der Waals surface area (Å²) in [4.78, 5) is 27.2. The fourth-order valence-corrected chi connectivity index (χ4v) is 3.65. The molecule has 0 aromatic heterocycles. The highest BCUT2D eigenvalue weighted by molar-refractivity contribution is 5.93. The SMILES string of the molecule is CC(C)(C)CC(=O)N1CCC[C@H](C(=O)Nc2cccc(-c3ccc(F)cc3)c2)C1. The summed E-state index contributed by atoms with van der Waals surface area (Å²) >= 11 is 0. The monoisotopic (exact) mass is 396 g/mol. The number of carbonyl (C=O) groups is 2. The van der Waals surface area contributed by atoms with Crippen LogP contribution in [0.3, 0.4) is 0 Å². The van der Waals surface area contributed by atoms with Gasteiger partial charge in [-0.25, -0.2) is 4.39 Å². The topological polar surface area (TPSA) is 49.4 Å². The molecular weight excluding hydrogens is 367 g/mol. The number of benzene rings is 2. The van der Waals surface area contributed by atoms with Gasteiger partial charge < -0.3 is 10.2 Å². The molecule has 0 radical (unpaired) electrons. The van der Waals surface area contributed by atoms with Gasteiger partial charge in [0.1, 0.15) is 5.82 Å². The number of carbonyl (C=O) groups excluding carboxylic acids is 2. The van der Waals surface area contributed by atoms with Gasteiger partial charge in [0, 0.05) is 25.2 Å². The van der Waals surface area contributed by atoms with Crippen molar-refractivity contribution in [1.82, 2.24) is 4.90 Å². The number of piperidine rings is 1. The van der Waals surface area contributed by atoms with Crippen molar-refractivity contribution in [3.63, 3.8) is 0 Å². The van der Waals surface area contributed by atoms with E-state index in [1.807, 2.05) is 49.9 Å². The predicted octanol–water partition coefficient (Wildman–Crippen LogP) is 5.11. The van der Waals surface area contributed by atoms with E-state index in [4.69, 9.17) is 0 Å². The smallest absolute Gasteiger partial charge is 0.229 e. The van der Waals surface area contributed by atoms with E-state index in [1.165, 1.54) is 12.1 Å². The molecule has 1 N–H and O–H groups in total. The number of likely N-dealkylation sites (tertiary alicyclic amines) is 1. The van der Waals surface area contributed by atoms with Gasteiger partial charge in [-0.1, -0.05) is 45.0 Å². The van der Waals surface area contributed by atoms with Crippen LogP contribution in [-0.4, -0.2) is 29.8 Å². The van der Waals surface area contributed by atoms with Crippen LogP contribution in [0.15, 0.2) is 48.5 Å². The summed E-state index contributed by atoms with van der Waals surface area (Å²) in [5, 5.41) is 2.99. The number of nitrogens with zero attached hydrogens (tertiary/aromatic N) is 1. The highest BCUT2D eigenvalue weighted by Crippen LogP contribution is 2.26. The third-order valence-corrected chi connectivity index (χ3v) is 5.13. The molecular formula is C24H29FN2O2. The minimum atomic E-state index is -0.277. The second-order valence-corrected chi connectivity index (χ2v) is 8.99. The summed E-state index contributed by atoms with van der Waals surface area (Å²) in [7, 11) is 0. The van der Waals surface area contributed by atoms with Crippen LogP contribution in [0.5, 0.6) is 0 Å². The zero-order chi connectivity index (χ0) is 21.0. The van der Waals surface area contributed by atoms with Gasteiger partial charge in [-0.3, -0.25) is 9.59 Å². The molecule has 0 spiro atoms. The Labute approximate surface area is 172 Å². The Balaban J connectivity index is 1.64. The van der Waals surface area contributed by atoms with Crippen molar-refractivity contribution in [3.8, 4) is 11.1 Å². The zero-order valence-corrected chi connectivity index (χ0v) is 17.4. The molecule has 1 heterocycles. The van der Waals surface area contributed by atoms with Gasteiger partial charge in [-0.15, -0.1) is 0 Å². The molecule has 2 aromatic rings. The van der Waals surface area contributed by atoms with Gasteiger partial charge in [0.25, 0.3) is 0 Å². The Morgan fingerprint density at radius 2 is 1.83 bits per heavy atom. The number of hydrogen-bond acceptors (Lipinski definition) is 2. The maximum absolute atomic E-state index is 13.2. The van der Waals surface area contributed by atoms with Gasteiger partial charge in [-0.05, 0) is 53.6 Å². The van der Waals surface area contributed by atoms with Crippen LogP contribution >= 0.6 is 0 Å². The van der Waals surface area contributed by atoms with E-state index in [-0.39, 0.29) is 29.0 Å². The van der Waals surface area contributed by atoms with E-state index in [0.29, 0.717) is 18.7 Å². The third-order valence-electron chi connectivity index (χ3n) is 5.13. The summed E-state index contributed by atoms with van der Waals surface area (Å²) < 4.78 is 13.2. The molecule has 1 atom stereocenters. The van der Waals surface area contributed by atoms with E-state index >= 15 is 0 Å². The Hall–Kier alpha value is -2.69. The molecule has 1 fully saturated rings. The summed E-state index contributed by atoms with van der Waals surface area (Å²) in [6.07, 6.45) is 2.10. The summed E-state index contributed by atoms with van der Waals surface area (Å²) in [6.45, 7) is 7.34. The van der Waals surface area contributed by atoms with Gasteiger partial charge in [-0.2, -0.15) is 0 Å². The van der Waals surface area contributed by atoms with Gasteiger partial charge >= 0.3 is 0 Å². The van der Waals surface area contributed by atoms with E-state index in [0.717, 1.165) is 30.5 Å². The minimum absolute atomic E-state index is 0.0606. The van der Waals surface area contributed by atoms with Crippen molar-refractivity contribution in [3.05, 3.63) is 54.3 Å². The third kappa shape index (κ3) is 5.89. The normalized spacial score (nSPS) is 17.1. The fourth-order valence-electron chi connectivity index (χ4n) is 3.65. The van der Waals surface area contributed by atoms with E-state index in [1.54, 1.807) is 12.1 Å². The molecule has 154 valence electrons. The van der Waals surface area contributed by atoms with E-state index in [2.05, 4.69) is 5.32 Å². The predicted molar refractivity (Wildman–Crippen MR) is 114 cm³/mol. The quantitative estimate of drug-likeness (QED) is 0.781. The van der Waals surface area contributed by atoms with Crippen LogP contribution in [0.25, 0.3) is 11.1 Å². The largest absolute Gasteiger partial charge is 0.342 e.